The van der Waals surface area contributed by atoms with E-state index in [9.17, 15) is 4.79 Å². The molecule has 8 heteroatoms. The van der Waals surface area contributed by atoms with Crippen LogP contribution in [0.2, 0.25) is 0 Å². The molecule has 190 valence electrons. The molecule has 0 radical (unpaired) electrons. The number of aromatic nitrogens is 3. The van der Waals surface area contributed by atoms with Gasteiger partial charge in [-0.3, -0.25) is 4.79 Å². The molecule has 1 aliphatic heterocycles. The van der Waals surface area contributed by atoms with E-state index in [1.807, 2.05) is 18.2 Å². The number of alkyl halides is 1. The third kappa shape index (κ3) is 5.22. The van der Waals surface area contributed by atoms with Gasteiger partial charge in [0.25, 0.3) is 0 Å². The number of halogens is 1. The number of thiophene rings is 1. The number of nitrogens with zero attached hydrogens (tertiary/aromatic N) is 3. The molecule has 1 saturated carbocycles. The quantitative estimate of drug-likeness (QED) is 0.271. The predicted octanol–water partition coefficient (Wildman–Crippen LogP) is 6.40. The van der Waals surface area contributed by atoms with Gasteiger partial charge in [-0.05, 0) is 54.2 Å². The van der Waals surface area contributed by atoms with E-state index in [1.54, 1.807) is 23.1 Å². The summed E-state index contributed by atoms with van der Waals surface area (Å²) in [5.74, 6) is 1.31. The van der Waals surface area contributed by atoms with Crippen LogP contribution < -0.4 is 5.32 Å². The van der Waals surface area contributed by atoms with E-state index in [-0.39, 0.29) is 28.5 Å². The van der Waals surface area contributed by atoms with Gasteiger partial charge in [-0.15, -0.1) is 33.1 Å². The number of hydrogen-bond acceptors (Lipinski definition) is 5. The van der Waals surface area contributed by atoms with Crippen LogP contribution in [0.1, 0.15) is 36.3 Å². The number of carbonyl (C=O) groups excluding carboxylic acids is 1. The van der Waals surface area contributed by atoms with Gasteiger partial charge in [0.05, 0.1) is 10.1 Å². The number of benzene rings is 2. The summed E-state index contributed by atoms with van der Waals surface area (Å²) in [6, 6.07) is 25.2. The molecule has 0 bridgehead atoms. The van der Waals surface area contributed by atoms with E-state index in [0.29, 0.717) is 5.92 Å². The van der Waals surface area contributed by atoms with Crippen molar-refractivity contribution in [1.82, 2.24) is 20.1 Å². The van der Waals surface area contributed by atoms with Crippen molar-refractivity contribution in [3.05, 3.63) is 89.3 Å². The van der Waals surface area contributed by atoms with Gasteiger partial charge >= 0.3 is 0 Å². The lowest BCUT2D eigenvalue weighted by Gasteiger charge is -2.46. The van der Waals surface area contributed by atoms with Crippen LogP contribution in [0.25, 0.3) is 10.7 Å². The Bertz CT molecular complexity index is 1330. The molecular weight excluding hydrogens is 520 g/mol. The lowest BCUT2D eigenvalue weighted by molar-refractivity contribution is -0.125. The molecule has 1 amide bonds. The second-order valence-corrected chi connectivity index (χ2v) is 12.5. The second kappa shape index (κ2) is 11.0. The van der Waals surface area contributed by atoms with Crippen LogP contribution in [0.5, 0.6) is 0 Å². The highest BCUT2D eigenvalue weighted by Crippen LogP contribution is 2.47. The van der Waals surface area contributed by atoms with Gasteiger partial charge in [0, 0.05) is 23.9 Å². The first-order valence-corrected chi connectivity index (χ1v) is 15.0. The van der Waals surface area contributed by atoms with Crippen molar-refractivity contribution in [2.24, 2.45) is 5.92 Å². The van der Waals surface area contributed by atoms with E-state index < -0.39 is 0 Å². The molecule has 2 aromatic heterocycles. The summed E-state index contributed by atoms with van der Waals surface area (Å²) in [5, 5.41) is 15.3. The largest absolute Gasteiger partial charge is 0.352 e. The Morgan fingerprint density at radius 2 is 1.78 bits per heavy atom. The molecule has 37 heavy (non-hydrogen) atoms. The van der Waals surface area contributed by atoms with Gasteiger partial charge in [-0.1, -0.05) is 78.5 Å². The van der Waals surface area contributed by atoms with Crippen LogP contribution in [-0.4, -0.2) is 37.3 Å². The van der Waals surface area contributed by atoms with E-state index in [1.165, 1.54) is 11.1 Å². The zero-order valence-corrected chi connectivity index (χ0v) is 22.8. The first-order valence-electron chi connectivity index (χ1n) is 12.8. The summed E-state index contributed by atoms with van der Waals surface area (Å²) in [4.78, 5) is 14.7. The van der Waals surface area contributed by atoms with Gasteiger partial charge in [0.2, 0.25) is 5.91 Å². The fraction of sp³-hybridized carbons (Fsp3) is 0.345. The fourth-order valence-corrected chi connectivity index (χ4v) is 8.12. The number of hydrogen-bond donors (Lipinski definition) is 1. The Labute approximate surface area is 230 Å². The molecule has 1 N–H and O–H groups in total. The molecule has 3 heterocycles. The summed E-state index contributed by atoms with van der Waals surface area (Å²) in [7, 11) is 0. The van der Waals surface area contributed by atoms with E-state index in [4.69, 9.17) is 11.6 Å². The average Bonchev–Trinajstić information content (AvgIpc) is 3.59. The average molecular weight is 549 g/mol. The highest BCUT2D eigenvalue weighted by Gasteiger charge is 2.47. The first kappa shape index (κ1) is 24.7. The topological polar surface area (TPSA) is 59.8 Å². The molecule has 2 aliphatic rings. The number of carbonyl (C=O) groups is 1. The standard InChI is InChI=1S/C29H29ClN4OS2/c30-21-13-14-23-22(18-21)25(20-10-5-2-6-11-20)26(28(35)31-23)37-29-33-32-27(24-12-7-17-36-24)34(29)16-15-19-8-3-1-4-9-19/h1-12,17,21-23,25-26H,13-16,18H2,(H,31,35). The molecule has 2 aromatic carbocycles. The van der Waals surface area contributed by atoms with Crippen molar-refractivity contribution < 1.29 is 4.79 Å². The fourth-order valence-electron chi connectivity index (χ4n) is 5.77. The van der Waals surface area contributed by atoms with Gasteiger partial charge in [-0.2, -0.15) is 0 Å². The maximum absolute atomic E-state index is 13.6. The van der Waals surface area contributed by atoms with Crippen molar-refractivity contribution in [1.29, 1.82) is 0 Å². The summed E-state index contributed by atoms with van der Waals surface area (Å²) in [5.41, 5.74) is 2.46. The maximum atomic E-state index is 13.6. The van der Waals surface area contributed by atoms with E-state index >= 15 is 0 Å². The Hall–Kier alpha value is -2.61. The smallest absolute Gasteiger partial charge is 0.234 e. The maximum Gasteiger partial charge on any atom is 0.234 e. The van der Waals surface area contributed by atoms with Crippen molar-refractivity contribution in [2.75, 3.05) is 0 Å². The zero-order chi connectivity index (χ0) is 25.2. The Morgan fingerprint density at radius 1 is 1.00 bits per heavy atom. The van der Waals surface area contributed by atoms with Gasteiger partial charge in [-0.25, -0.2) is 0 Å². The molecule has 1 saturated heterocycles. The van der Waals surface area contributed by atoms with Gasteiger partial charge in [0.15, 0.2) is 11.0 Å². The molecule has 5 atom stereocenters. The number of nitrogens with one attached hydrogen (secondary N) is 1. The molecule has 5 nitrogen and oxygen atoms in total. The number of aryl methyl sites for hydroxylation is 1. The molecule has 2 fully saturated rings. The van der Waals surface area contributed by atoms with Crippen LogP contribution in [0.15, 0.2) is 83.3 Å². The molecular formula is C29H29ClN4OS2. The van der Waals surface area contributed by atoms with Gasteiger partial charge < -0.3 is 9.88 Å². The van der Waals surface area contributed by atoms with Crippen molar-refractivity contribution in [2.45, 2.75) is 60.0 Å². The third-order valence-corrected chi connectivity index (χ3v) is 10.1. The minimum absolute atomic E-state index is 0.0657. The highest BCUT2D eigenvalue weighted by atomic mass is 35.5. The number of thioether (sulfide) groups is 1. The van der Waals surface area contributed by atoms with E-state index in [0.717, 1.165) is 48.1 Å². The lowest BCUT2D eigenvalue weighted by atomic mass is 9.69. The Kier molecular flexibility index (Phi) is 7.36. The summed E-state index contributed by atoms with van der Waals surface area (Å²) >= 11 is 9.88. The minimum Gasteiger partial charge on any atom is -0.352 e. The zero-order valence-electron chi connectivity index (χ0n) is 20.4. The minimum atomic E-state index is -0.304. The summed E-state index contributed by atoms with van der Waals surface area (Å²) in [6.07, 6.45) is 3.65. The summed E-state index contributed by atoms with van der Waals surface area (Å²) in [6.45, 7) is 0.743. The SMILES string of the molecule is O=C1NC2CCC(Cl)CC2C(c2ccccc2)C1Sc1nnc(-c2cccs2)n1CCc1ccccc1. The van der Waals surface area contributed by atoms with Crippen LogP contribution in [-0.2, 0) is 17.8 Å². The van der Waals surface area contributed by atoms with Crippen LogP contribution in [0, 0.1) is 5.92 Å². The van der Waals surface area contributed by atoms with Gasteiger partial charge in [0.1, 0.15) is 0 Å². The van der Waals surface area contributed by atoms with E-state index in [2.05, 4.69) is 80.1 Å². The molecule has 0 spiro atoms. The molecule has 6 rings (SSSR count). The molecule has 4 aromatic rings. The number of amides is 1. The monoisotopic (exact) mass is 548 g/mol. The third-order valence-electron chi connectivity index (χ3n) is 7.55. The number of rotatable bonds is 7. The van der Waals surface area contributed by atoms with Crippen molar-refractivity contribution >= 4 is 40.6 Å². The summed E-state index contributed by atoms with van der Waals surface area (Å²) < 4.78 is 2.19. The normalized spacial score (nSPS) is 25.4. The second-order valence-electron chi connectivity index (χ2n) is 9.83. The first-order chi connectivity index (χ1) is 18.2. The number of piperidine rings is 1. The van der Waals surface area contributed by atoms with Crippen molar-refractivity contribution in [3.63, 3.8) is 0 Å². The molecule has 5 unspecified atom stereocenters. The van der Waals surface area contributed by atoms with Crippen LogP contribution in [0.3, 0.4) is 0 Å². The predicted molar refractivity (Wildman–Crippen MR) is 151 cm³/mol. The van der Waals surface area contributed by atoms with Crippen LogP contribution >= 0.6 is 34.7 Å². The highest BCUT2D eigenvalue weighted by molar-refractivity contribution is 8.00. The Balaban J connectivity index is 1.35. The van der Waals surface area contributed by atoms with Crippen molar-refractivity contribution in [3.8, 4) is 10.7 Å². The van der Waals surface area contributed by atoms with Crippen LogP contribution in [0.4, 0.5) is 0 Å². The Morgan fingerprint density at radius 3 is 2.54 bits per heavy atom. The lowest BCUT2D eigenvalue weighted by Crippen LogP contribution is -2.57. The number of fused-ring (bicyclic) bond motifs is 1. The molecule has 1 aliphatic carbocycles.